The van der Waals surface area contributed by atoms with E-state index < -0.39 is 0 Å². The Morgan fingerprint density at radius 2 is 1.67 bits per heavy atom. The monoisotopic (exact) mass is 334 g/mol. The molecular weight excluding hydrogens is 312 g/mol. The molecule has 0 saturated heterocycles. The lowest BCUT2D eigenvalue weighted by atomic mass is 10.1. The van der Waals surface area contributed by atoms with Gasteiger partial charge in [-0.2, -0.15) is 0 Å². The SMILES string of the molecule is C/N=C(/NC(C)c1ccccc1)SCc1cccc2ccccc12. The molecule has 0 fully saturated rings. The summed E-state index contributed by atoms with van der Waals surface area (Å²) in [4.78, 5) is 4.42. The summed E-state index contributed by atoms with van der Waals surface area (Å²) in [6.07, 6.45) is 0. The molecular formula is C21H22N2S. The van der Waals surface area contributed by atoms with E-state index in [1.165, 1.54) is 21.9 Å². The van der Waals surface area contributed by atoms with Crippen LogP contribution in [0.1, 0.15) is 24.1 Å². The van der Waals surface area contributed by atoms with E-state index in [1.54, 1.807) is 11.8 Å². The number of nitrogens with zero attached hydrogens (tertiary/aromatic N) is 1. The van der Waals surface area contributed by atoms with Crippen molar-refractivity contribution in [2.75, 3.05) is 7.05 Å². The molecule has 0 heterocycles. The van der Waals surface area contributed by atoms with Gasteiger partial charge in [0.1, 0.15) is 0 Å². The van der Waals surface area contributed by atoms with Crippen LogP contribution in [0.5, 0.6) is 0 Å². The maximum Gasteiger partial charge on any atom is 0.157 e. The Balaban J connectivity index is 1.68. The molecule has 0 saturated carbocycles. The highest BCUT2D eigenvalue weighted by molar-refractivity contribution is 8.13. The van der Waals surface area contributed by atoms with Gasteiger partial charge in [-0.15, -0.1) is 0 Å². The summed E-state index contributed by atoms with van der Waals surface area (Å²) in [6.45, 7) is 2.17. The Morgan fingerprint density at radius 1 is 0.958 bits per heavy atom. The third-order valence-electron chi connectivity index (χ3n) is 4.09. The molecule has 0 radical (unpaired) electrons. The fourth-order valence-corrected chi connectivity index (χ4v) is 3.68. The Morgan fingerprint density at radius 3 is 2.46 bits per heavy atom. The van der Waals surface area contributed by atoms with Gasteiger partial charge in [0.05, 0.1) is 6.04 Å². The van der Waals surface area contributed by atoms with Gasteiger partial charge in [-0.1, -0.05) is 84.6 Å². The molecule has 3 rings (SSSR count). The minimum absolute atomic E-state index is 0.241. The molecule has 1 unspecified atom stereocenters. The molecule has 3 aromatic carbocycles. The van der Waals surface area contributed by atoms with Crippen LogP contribution in [0.15, 0.2) is 77.8 Å². The van der Waals surface area contributed by atoms with Crippen molar-refractivity contribution in [3.8, 4) is 0 Å². The zero-order chi connectivity index (χ0) is 16.8. The van der Waals surface area contributed by atoms with Crippen LogP contribution in [0.4, 0.5) is 0 Å². The molecule has 2 nitrogen and oxygen atoms in total. The van der Waals surface area contributed by atoms with Crippen molar-refractivity contribution in [3.63, 3.8) is 0 Å². The molecule has 1 atom stereocenters. The fraction of sp³-hybridized carbons (Fsp3) is 0.190. The van der Waals surface area contributed by atoms with Gasteiger partial charge in [0.2, 0.25) is 0 Å². The number of rotatable bonds is 4. The summed E-state index contributed by atoms with van der Waals surface area (Å²) >= 11 is 1.75. The number of fused-ring (bicyclic) bond motifs is 1. The number of amidine groups is 1. The lowest BCUT2D eigenvalue weighted by molar-refractivity contribution is 0.723. The first kappa shape index (κ1) is 16.6. The molecule has 1 N–H and O–H groups in total. The molecule has 3 aromatic rings. The van der Waals surface area contributed by atoms with Gasteiger partial charge in [0.15, 0.2) is 5.17 Å². The van der Waals surface area contributed by atoms with Gasteiger partial charge < -0.3 is 5.32 Å². The minimum Gasteiger partial charge on any atom is -0.358 e. The fourth-order valence-electron chi connectivity index (χ4n) is 2.75. The Labute approximate surface area is 148 Å². The molecule has 0 aliphatic rings. The maximum atomic E-state index is 4.42. The van der Waals surface area contributed by atoms with E-state index in [4.69, 9.17) is 0 Å². The number of benzene rings is 3. The van der Waals surface area contributed by atoms with E-state index in [2.05, 4.69) is 84.0 Å². The Hall–Kier alpha value is -2.26. The van der Waals surface area contributed by atoms with Crippen molar-refractivity contribution < 1.29 is 0 Å². The Bertz CT molecular complexity index is 822. The summed E-state index contributed by atoms with van der Waals surface area (Å²) in [5.74, 6) is 0.905. The second kappa shape index (κ2) is 8.02. The second-order valence-electron chi connectivity index (χ2n) is 5.73. The van der Waals surface area contributed by atoms with Crippen LogP contribution in [-0.4, -0.2) is 12.2 Å². The summed E-state index contributed by atoms with van der Waals surface area (Å²) in [5, 5.41) is 7.09. The minimum atomic E-state index is 0.241. The number of thioether (sulfide) groups is 1. The highest BCUT2D eigenvalue weighted by atomic mass is 32.2. The first-order valence-electron chi connectivity index (χ1n) is 8.15. The smallest absolute Gasteiger partial charge is 0.157 e. The average Bonchev–Trinajstić information content (AvgIpc) is 2.65. The maximum absolute atomic E-state index is 4.42. The number of hydrogen-bond donors (Lipinski definition) is 1. The van der Waals surface area contributed by atoms with Crippen molar-refractivity contribution >= 4 is 27.7 Å². The number of nitrogens with one attached hydrogen (secondary N) is 1. The number of hydrogen-bond acceptors (Lipinski definition) is 2. The predicted octanol–water partition coefficient (Wildman–Crippen LogP) is 5.41. The topological polar surface area (TPSA) is 24.4 Å². The summed E-state index contributed by atoms with van der Waals surface area (Å²) < 4.78 is 0. The molecule has 0 aliphatic carbocycles. The van der Waals surface area contributed by atoms with Crippen LogP contribution in [0.3, 0.4) is 0 Å². The highest BCUT2D eigenvalue weighted by Gasteiger charge is 2.09. The molecule has 0 bridgehead atoms. The van der Waals surface area contributed by atoms with Gasteiger partial charge in [-0.05, 0) is 28.8 Å². The molecule has 0 amide bonds. The molecule has 0 spiro atoms. The zero-order valence-electron chi connectivity index (χ0n) is 14.1. The summed E-state index contributed by atoms with van der Waals surface area (Å²) in [5.41, 5.74) is 2.61. The zero-order valence-corrected chi connectivity index (χ0v) is 14.9. The van der Waals surface area contributed by atoms with Crippen molar-refractivity contribution in [1.29, 1.82) is 0 Å². The van der Waals surface area contributed by atoms with E-state index in [-0.39, 0.29) is 6.04 Å². The van der Waals surface area contributed by atoms with Crippen molar-refractivity contribution in [2.45, 2.75) is 18.7 Å². The van der Waals surface area contributed by atoms with Crippen molar-refractivity contribution in [2.24, 2.45) is 4.99 Å². The number of aliphatic imine (C=N–C) groups is 1. The van der Waals surface area contributed by atoms with Crippen LogP contribution in [0, 0.1) is 0 Å². The van der Waals surface area contributed by atoms with Gasteiger partial charge in [-0.25, -0.2) is 0 Å². The lowest BCUT2D eigenvalue weighted by Gasteiger charge is -2.17. The molecule has 0 aliphatic heterocycles. The first-order chi connectivity index (χ1) is 11.8. The van der Waals surface area contributed by atoms with Gasteiger partial charge >= 0.3 is 0 Å². The molecule has 24 heavy (non-hydrogen) atoms. The summed E-state index contributed by atoms with van der Waals surface area (Å²) in [6, 6.07) is 25.7. The Kier molecular flexibility index (Phi) is 5.55. The van der Waals surface area contributed by atoms with Crippen LogP contribution in [0.2, 0.25) is 0 Å². The normalized spacial score (nSPS) is 13.0. The van der Waals surface area contributed by atoms with Crippen molar-refractivity contribution in [3.05, 3.63) is 83.9 Å². The van der Waals surface area contributed by atoms with Crippen molar-refractivity contribution in [1.82, 2.24) is 5.32 Å². The van der Waals surface area contributed by atoms with E-state index in [9.17, 15) is 0 Å². The standard InChI is InChI=1S/C21H22N2S/c1-16(17-9-4-3-5-10-17)23-21(22-2)24-15-19-13-8-12-18-11-6-7-14-20(18)19/h3-14,16H,15H2,1-2H3,(H,22,23). The third kappa shape index (κ3) is 3.98. The van der Waals surface area contributed by atoms with Gasteiger partial charge in [-0.3, -0.25) is 4.99 Å². The van der Waals surface area contributed by atoms with Crippen LogP contribution >= 0.6 is 11.8 Å². The highest BCUT2D eigenvalue weighted by Crippen LogP contribution is 2.23. The van der Waals surface area contributed by atoms with Crippen LogP contribution in [-0.2, 0) is 5.75 Å². The lowest BCUT2D eigenvalue weighted by Crippen LogP contribution is -2.24. The van der Waals surface area contributed by atoms with E-state index in [0.29, 0.717) is 0 Å². The average molecular weight is 334 g/mol. The van der Waals surface area contributed by atoms with Crippen LogP contribution in [0.25, 0.3) is 10.8 Å². The third-order valence-corrected chi connectivity index (χ3v) is 5.12. The molecule has 122 valence electrons. The van der Waals surface area contributed by atoms with Gasteiger partial charge in [0.25, 0.3) is 0 Å². The molecule has 3 heteroatoms. The predicted molar refractivity (Wildman–Crippen MR) is 107 cm³/mol. The summed E-state index contributed by atoms with van der Waals surface area (Å²) in [7, 11) is 1.84. The van der Waals surface area contributed by atoms with Crippen LogP contribution < -0.4 is 5.32 Å². The van der Waals surface area contributed by atoms with E-state index in [1.807, 2.05) is 13.1 Å². The quantitative estimate of drug-likeness (QED) is 0.509. The van der Waals surface area contributed by atoms with E-state index >= 15 is 0 Å². The van der Waals surface area contributed by atoms with Gasteiger partial charge in [0, 0.05) is 12.8 Å². The second-order valence-corrected chi connectivity index (χ2v) is 6.70. The first-order valence-corrected chi connectivity index (χ1v) is 9.14. The molecule has 0 aromatic heterocycles. The van der Waals surface area contributed by atoms with E-state index in [0.717, 1.165) is 10.9 Å². The largest absolute Gasteiger partial charge is 0.358 e.